The number of hydrogen-bond donors (Lipinski definition) is 2. The van der Waals surface area contributed by atoms with Gasteiger partial charge in [0.15, 0.2) is 0 Å². The van der Waals surface area contributed by atoms with Crippen LogP contribution in [-0.2, 0) is 9.53 Å². The summed E-state index contributed by atoms with van der Waals surface area (Å²) >= 11 is 0. The average Bonchev–Trinajstić information content (AvgIpc) is 2.18. The number of amides is 1. The molecule has 0 aliphatic carbocycles. The lowest BCUT2D eigenvalue weighted by molar-refractivity contribution is -0.180. The molecule has 1 saturated heterocycles. The normalized spacial score (nSPS) is 23.8. The number of carbonyl (C=O) groups is 1. The van der Waals surface area contributed by atoms with Gasteiger partial charge in [0.1, 0.15) is 0 Å². The average molecular weight is 285 g/mol. The number of primary amides is 1. The number of rotatable bonds is 6. The second kappa shape index (κ2) is 6.41. The molecule has 20 heavy (non-hydrogen) atoms. The summed E-state index contributed by atoms with van der Waals surface area (Å²) in [7, 11) is 0. The fourth-order valence-electron chi connectivity index (χ4n) is 3.13. The molecule has 0 saturated carbocycles. The molecule has 1 rings (SSSR count). The van der Waals surface area contributed by atoms with Gasteiger partial charge in [-0.15, -0.1) is 0 Å². The van der Waals surface area contributed by atoms with Gasteiger partial charge in [-0.2, -0.15) is 0 Å². The van der Waals surface area contributed by atoms with Crippen molar-refractivity contribution in [3.8, 4) is 0 Å². The van der Waals surface area contributed by atoms with E-state index < -0.39 is 0 Å². The Hall–Kier alpha value is -0.650. The van der Waals surface area contributed by atoms with Crippen molar-refractivity contribution in [2.75, 3.05) is 19.6 Å². The van der Waals surface area contributed by atoms with Crippen LogP contribution >= 0.6 is 0 Å². The molecule has 0 aromatic heterocycles. The smallest absolute Gasteiger partial charge is 0.234 e. The highest BCUT2D eigenvalue weighted by Crippen LogP contribution is 2.28. The van der Waals surface area contributed by atoms with Gasteiger partial charge in [-0.1, -0.05) is 13.8 Å². The van der Waals surface area contributed by atoms with Gasteiger partial charge in [0.05, 0.1) is 17.2 Å². The van der Waals surface area contributed by atoms with Gasteiger partial charge in [-0.3, -0.25) is 9.69 Å². The third-order valence-electron chi connectivity index (χ3n) is 3.37. The van der Waals surface area contributed by atoms with E-state index in [0.29, 0.717) is 0 Å². The first-order chi connectivity index (χ1) is 9.01. The van der Waals surface area contributed by atoms with Crippen LogP contribution in [0, 0.1) is 0 Å². The molecule has 1 aliphatic rings. The van der Waals surface area contributed by atoms with E-state index in [1.807, 2.05) is 13.8 Å². The van der Waals surface area contributed by atoms with Gasteiger partial charge < -0.3 is 15.8 Å². The third kappa shape index (κ3) is 5.77. The molecule has 0 bridgehead atoms. The Morgan fingerprint density at radius 2 is 1.75 bits per heavy atom. The molecule has 0 aromatic carbocycles. The van der Waals surface area contributed by atoms with Crippen molar-refractivity contribution in [3.63, 3.8) is 0 Å². The molecule has 1 heterocycles. The predicted octanol–water partition coefficient (Wildman–Crippen LogP) is 1.12. The van der Waals surface area contributed by atoms with Crippen LogP contribution in [0.15, 0.2) is 0 Å². The number of hydrogen-bond acceptors (Lipinski definition) is 4. The van der Waals surface area contributed by atoms with E-state index in [-0.39, 0.29) is 29.2 Å². The van der Waals surface area contributed by atoms with Crippen molar-refractivity contribution in [2.24, 2.45) is 5.73 Å². The zero-order valence-electron chi connectivity index (χ0n) is 13.8. The zero-order valence-corrected chi connectivity index (χ0v) is 13.8. The van der Waals surface area contributed by atoms with E-state index in [4.69, 9.17) is 10.5 Å². The van der Waals surface area contributed by atoms with E-state index >= 15 is 0 Å². The molecule has 1 atom stereocenters. The summed E-state index contributed by atoms with van der Waals surface area (Å²) in [4.78, 5) is 13.8. The molecule has 0 radical (unpaired) electrons. The fourth-order valence-corrected chi connectivity index (χ4v) is 3.13. The van der Waals surface area contributed by atoms with Crippen LogP contribution in [0.2, 0.25) is 0 Å². The van der Waals surface area contributed by atoms with Crippen LogP contribution in [0.1, 0.15) is 48.0 Å². The minimum Gasteiger partial charge on any atom is -0.368 e. The molecule has 5 heteroatoms. The highest BCUT2D eigenvalue weighted by atomic mass is 16.5. The first kappa shape index (κ1) is 17.4. The van der Waals surface area contributed by atoms with Crippen LogP contribution in [0.5, 0.6) is 0 Å². The van der Waals surface area contributed by atoms with Crippen molar-refractivity contribution in [1.29, 1.82) is 0 Å². The summed E-state index contributed by atoms with van der Waals surface area (Å²) in [5, 5.41) is 3.23. The summed E-state index contributed by atoms with van der Waals surface area (Å²) in [5.41, 5.74) is 5.15. The molecule has 1 aliphatic heterocycles. The molecule has 1 unspecified atom stereocenters. The van der Waals surface area contributed by atoms with Crippen LogP contribution in [-0.4, -0.2) is 53.7 Å². The Kier molecular flexibility index (Phi) is 5.58. The number of nitrogens with two attached hydrogens (primary N) is 1. The van der Waals surface area contributed by atoms with Crippen LogP contribution < -0.4 is 11.1 Å². The molecule has 118 valence electrons. The number of ether oxygens (including phenoxy) is 1. The van der Waals surface area contributed by atoms with Crippen LogP contribution in [0.4, 0.5) is 0 Å². The van der Waals surface area contributed by atoms with E-state index in [1.54, 1.807) is 0 Å². The van der Waals surface area contributed by atoms with E-state index in [1.165, 1.54) is 0 Å². The molecule has 1 fully saturated rings. The van der Waals surface area contributed by atoms with Gasteiger partial charge in [0.25, 0.3) is 0 Å². The number of nitrogens with zero attached hydrogens (tertiary/aromatic N) is 1. The van der Waals surface area contributed by atoms with Gasteiger partial charge in [-0.25, -0.2) is 0 Å². The van der Waals surface area contributed by atoms with Crippen molar-refractivity contribution in [1.82, 2.24) is 10.2 Å². The minimum absolute atomic E-state index is 0.157. The molecule has 1 amide bonds. The standard InChI is InChI=1S/C15H31N3O2/c1-11(2)17-12(13(16)19)7-8-18-9-14(3,4)20-15(5,6)10-18/h11-12,17H,7-10H2,1-6H3,(H2,16,19). The molecular formula is C15H31N3O2. The van der Waals surface area contributed by atoms with E-state index in [2.05, 4.69) is 37.9 Å². The summed E-state index contributed by atoms with van der Waals surface area (Å²) in [5.74, 6) is -0.273. The highest BCUT2D eigenvalue weighted by Gasteiger charge is 2.38. The second-order valence-corrected chi connectivity index (χ2v) is 7.40. The molecule has 5 nitrogen and oxygen atoms in total. The maximum absolute atomic E-state index is 11.5. The highest BCUT2D eigenvalue weighted by molar-refractivity contribution is 5.79. The second-order valence-electron chi connectivity index (χ2n) is 7.40. The molecule has 0 aromatic rings. The molecule has 0 spiro atoms. The first-order valence-electron chi connectivity index (χ1n) is 7.49. The van der Waals surface area contributed by atoms with Crippen molar-refractivity contribution in [3.05, 3.63) is 0 Å². The van der Waals surface area contributed by atoms with Crippen molar-refractivity contribution < 1.29 is 9.53 Å². The Morgan fingerprint density at radius 3 is 2.15 bits per heavy atom. The van der Waals surface area contributed by atoms with E-state index in [0.717, 1.165) is 26.1 Å². The number of morpholine rings is 1. The van der Waals surface area contributed by atoms with Crippen molar-refractivity contribution >= 4 is 5.91 Å². The SMILES string of the molecule is CC(C)NC(CCN1CC(C)(C)OC(C)(C)C1)C(N)=O. The monoisotopic (exact) mass is 285 g/mol. The van der Waals surface area contributed by atoms with Crippen molar-refractivity contribution in [2.45, 2.75) is 71.2 Å². The first-order valence-corrected chi connectivity index (χ1v) is 7.49. The maximum atomic E-state index is 11.5. The number of carbonyl (C=O) groups excluding carboxylic acids is 1. The number of nitrogens with one attached hydrogen (secondary N) is 1. The van der Waals surface area contributed by atoms with E-state index in [9.17, 15) is 4.79 Å². The quantitative estimate of drug-likeness (QED) is 0.767. The maximum Gasteiger partial charge on any atom is 0.234 e. The lowest BCUT2D eigenvalue weighted by Gasteiger charge is -2.47. The Labute approximate surface area is 123 Å². The Bertz CT molecular complexity index is 324. The third-order valence-corrected chi connectivity index (χ3v) is 3.37. The van der Waals surface area contributed by atoms with Gasteiger partial charge >= 0.3 is 0 Å². The van der Waals surface area contributed by atoms with Gasteiger partial charge in [0, 0.05) is 25.7 Å². The van der Waals surface area contributed by atoms with Crippen LogP contribution in [0.25, 0.3) is 0 Å². The minimum atomic E-state index is -0.273. The lowest BCUT2D eigenvalue weighted by atomic mass is 9.98. The lowest BCUT2D eigenvalue weighted by Crippen LogP contribution is -2.58. The summed E-state index contributed by atoms with van der Waals surface area (Å²) < 4.78 is 6.06. The Balaban J connectivity index is 2.56. The van der Waals surface area contributed by atoms with Gasteiger partial charge in [-0.05, 0) is 34.1 Å². The molecular weight excluding hydrogens is 254 g/mol. The summed E-state index contributed by atoms with van der Waals surface area (Å²) in [6, 6.07) is -0.00543. The molecule has 3 N–H and O–H groups in total. The Morgan fingerprint density at radius 1 is 1.25 bits per heavy atom. The van der Waals surface area contributed by atoms with Gasteiger partial charge in [0.2, 0.25) is 5.91 Å². The zero-order chi connectivity index (χ0) is 15.6. The fraction of sp³-hybridized carbons (Fsp3) is 0.933. The van der Waals surface area contributed by atoms with Crippen LogP contribution in [0.3, 0.4) is 0 Å². The topological polar surface area (TPSA) is 67.6 Å². The summed E-state index contributed by atoms with van der Waals surface area (Å²) in [6.07, 6.45) is 0.736. The predicted molar refractivity (Wildman–Crippen MR) is 81.6 cm³/mol. The largest absolute Gasteiger partial charge is 0.368 e. The summed E-state index contributed by atoms with van der Waals surface area (Å²) in [6.45, 7) is 15.1.